The molecule has 0 saturated carbocycles. The first-order chi connectivity index (χ1) is 17.2. The zero-order valence-electron chi connectivity index (χ0n) is 19.8. The molecule has 2 aromatic carbocycles. The van der Waals surface area contributed by atoms with E-state index in [0.717, 1.165) is 42.8 Å². The lowest BCUT2D eigenvalue weighted by Gasteiger charge is -2.23. The van der Waals surface area contributed by atoms with Crippen molar-refractivity contribution in [1.82, 2.24) is 9.38 Å². The van der Waals surface area contributed by atoms with Crippen molar-refractivity contribution >= 4 is 17.2 Å². The number of aromatic nitrogens is 2. The Morgan fingerprint density at radius 1 is 1.06 bits per heavy atom. The third-order valence-corrected chi connectivity index (χ3v) is 6.07. The highest BCUT2D eigenvalue weighted by molar-refractivity contribution is 6.06. The highest BCUT2D eigenvalue weighted by Crippen LogP contribution is 2.27. The zero-order chi connectivity index (χ0) is 24.0. The van der Waals surface area contributed by atoms with Crippen LogP contribution in [0.2, 0.25) is 0 Å². The molecule has 180 valence electrons. The molecule has 1 aliphatic heterocycles. The molecule has 7 heteroatoms. The van der Waals surface area contributed by atoms with E-state index >= 15 is 0 Å². The predicted octanol–water partition coefficient (Wildman–Crippen LogP) is 5.42. The molecule has 1 aliphatic rings. The Morgan fingerprint density at radius 3 is 2.71 bits per heavy atom. The Bertz CT molecular complexity index is 1310. The predicted molar refractivity (Wildman–Crippen MR) is 134 cm³/mol. The fraction of sp³-hybridized carbons (Fsp3) is 0.286. The van der Waals surface area contributed by atoms with E-state index in [1.807, 2.05) is 72.2 Å². The maximum Gasteiger partial charge on any atom is 0.259 e. The smallest absolute Gasteiger partial charge is 0.259 e. The molecular weight excluding hydrogens is 442 g/mol. The molecule has 1 saturated heterocycles. The first-order valence-corrected chi connectivity index (χ1v) is 12.0. The van der Waals surface area contributed by atoms with E-state index in [1.165, 1.54) is 0 Å². The first kappa shape index (κ1) is 22.9. The summed E-state index contributed by atoms with van der Waals surface area (Å²) < 4.78 is 19.8. The van der Waals surface area contributed by atoms with Gasteiger partial charge in [-0.2, -0.15) is 0 Å². The van der Waals surface area contributed by atoms with Crippen LogP contribution in [0, 0.1) is 6.92 Å². The van der Waals surface area contributed by atoms with Crippen LogP contribution < -0.4 is 14.8 Å². The number of aryl methyl sites for hydroxylation is 1. The highest BCUT2D eigenvalue weighted by Gasteiger charge is 2.18. The second-order valence-corrected chi connectivity index (χ2v) is 8.69. The van der Waals surface area contributed by atoms with E-state index in [1.54, 1.807) is 12.1 Å². The number of imidazole rings is 1. The fourth-order valence-electron chi connectivity index (χ4n) is 4.21. The number of para-hydroxylation sites is 3. The minimum absolute atomic E-state index is 0.0880. The third kappa shape index (κ3) is 5.46. The van der Waals surface area contributed by atoms with Gasteiger partial charge in [-0.05, 0) is 62.1 Å². The lowest BCUT2D eigenvalue weighted by atomic mass is 10.1. The van der Waals surface area contributed by atoms with Crippen molar-refractivity contribution in [2.45, 2.75) is 38.9 Å². The Labute approximate surface area is 204 Å². The second-order valence-electron chi connectivity index (χ2n) is 8.69. The Balaban J connectivity index is 1.27. The van der Waals surface area contributed by atoms with Gasteiger partial charge in [-0.15, -0.1) is 0 Å². The zero-order valence-corrected chi connectivity index (χ0v) is 19.8. The normalized spacial score (nSPS) is 15.6. The maximum absolute atomic E-state index is 13.2. The van der Waals surface area contributed by atoms with Crippen molar-refractivity contribution in [3.05, 3.63) is 89.9 Å². The largest absolute Gasteiger partial charge is 0.489 e. The van der Waals surface area contributed by atoms with Crippen LogP contribution >= 0.6 is 0 Å². The van der Waals surface area contributed by atoms with E-state index in [0.29, 0.717) is 29.4 Å². The molecule has 3 heterocycles. The van der Waals surface area contributed by atoms with Crippen molar-refractivity contribution in [2.24, 2.45) is 0 Å². The molecule has 0 radical (unpaired) electrons. The van der Waals surface area contributed by atoms with E-state index in [4.69, 9.17) is 14.2 Å². The highest BCUT2D eigenvalue weighted by atomic mass is 16.5. The van der Waals surface area contributed by atoms with Crippen LogP contribution in [-0.4, -0.2) is 34.6 Å². The van der Waals surface area contributed by atoms with Gasteiger partial charge >= 0.3 is 0 Å². The second kappa shape index (κ2) is 10.6. The minimum Gasteiger partial charge on any atom is -0.489 e. The number of fused-ring (bicyclic) bond motifs is 1. The van der Waals surface area contributed by atoms with Gasteiger partial charge in [0.05, 0.1) is 23.0 Å². The standard InChI is InChI=1S/C28H29N3O4/c1-20-9-8-15-31-17-21(29-27(20)31)18-34-25-13-4-2-11-23(25)28(32)30-24-12-3-5-14-26(24)35-19-22-10-6-7-16-33-22/h2-5,8-9,11-15,17,22H,6-7,10,16,18-19H2,1H3,(H,30,32). The van der Waals surface area contributed by atoms with Gasteiger partial charge in [0.15, 0.2) is 0 Å². The summed E-state index contributed by atoms with van der Waals surface area (Å²) in [6.07, 6.45) is 7.23. The summed E-state index contributed by atoms with van der Waals surface area (Å²) in [6, 6.07) is 18.7. The maximum atomic E-state index is 13.2. The minimum atomic E-state index is -0.267. The Morgan fingerprint density at radius 2 is 1.89 bits per heavy atom. The summed E-state index contributed by atoms with van der Waals surface area (Å²) >= 11 is 0. The van der Waals surface area contributed by atoms with Crippen molar-refractivity contribution in [1.29, 1.82) is 0 Å². The number of nitrogens with one attached hydrogen (secondary N) is 1. The molecule has 1 N–H and O–H groups in total. The van der Waals surface area contributed by atoms with Crippen molar-refractivity contribution < 1.29 is 19.0 Å². The van der Waals surface area contributed by atoms with Crippen LogP contribution in [0.3, 0.4) is 0 Å². The van der Waals surface area contributed by atoms with Crippen LogP contribution in [0.25, 0.3) is 5.65 Å². The molecule has 1 unspecified atom stereocenters. The summed E-state index contributed by atoms with van der Waals surface area (Å²) in [4.78, 5) is 17.8. The average Bonchev–Trinajstić information content (AvgIpc) is 3.32. The number of benzene rings is 2. The molecule has 35 heavy (non-hydrogen) atoms. The summed E-state index contributed by atoms with van der Waals surface area (Å²) in [7, 11) is 0. The van der Waals surface area contributed by atoms with Crippen LogP contribution in [0.1, 0.15) is 40.9 Å². The number of hydrogen-bond donors (Lipinski definition) is 1. The average molecular weight is 472 g/mol. The Kier molecular flexibility index (Phi) is 6.95. The number of anilines is 1. The molecule has 0 spiro atoms. The summed E-state index contributed by atoms with van der Waals surface area (Å²) in [6.45, 7) is 3.52. The number of pyridine rings is 1. The van der Waals surface area contributed by atoms with Crippen molar-refractivity contribution in [2.75, 3.05) is 18.5 Å². The van der Waals surface area contributed by atoms with Gasteiger partial charge in [-0.25, -0.2) is 4.98 Å². The van der Waals surface area contributed by atoms with E-state index in [2.05, 4.69) is 10.3 Å². The fourth-order valence-corrected chi connectivity index (χ4v) is 4.21. The molecule has 2 aromatic heterocycles. The molecule has 1 fully saturated rings. The molecule has 4 aromatic rings. The lowest BCUT2D eigenvalue weighted by Crippen LogP contribution is -2.26. The van der Waals surface area contributed by atoms with E-state index in [9.17, 15) is 4.79 Å². The number of carbonyl (C=O) groups excluding carboxylic acids is 1. The monoisotopic (exact) mass is 471 g/mol. The number of amides is 1. The van der Waals surface area contributed by atoms with Crippen molar-refractivity contribution in [3.63, 3.8) is 0 Å². The molecular formula is C28H29N3O4. The number of carbonyl (C=O) groups is 1. The molecule has 0 bridgehead atoms. The lowest BCUT2D eigenvalue weighted by molar-refractivity contribution is -0.0109. The van der Waals surface area contributed by atoms with E-state index in [-0.39, 0.29) is 18.6 Å². The van der Waals surface area contributed by atoms with Crippen LogP contribution in [0.5, 0.6) is 11.5 Å². The first-order valence-electron chi connectivity index (χ1n) is 12.0. The summed E-state index contributed by atoms with van der Waals surface area (Å²) in [5, 5.41) is 2.98. The number of hydrogen-bond acceptors (Lipinski definition) is 5. The molecule has 1 amide bonds. The number of ether oxygens (including phenoxy) is 3. The molecule has 5 rings (SSSR count). The van der Waals surface area contributed by atoms with Gasteiger partial charge in [-0.3, -0.25) is 4.79 Å². The summed E-state index contributed by atoms with van der Waals surface area (Å²) in [5.74, 6) is 0.845. The van der Waals surface area contributed by atoms with Crippen LogP contribution in [-0.2, 0) is 11.3 Å². The SMILES string of the molecule is Cc1cccn2cc(COc3ccccc3C(=O)Nc3ccccc3OCC3CCCCO3)nc12. The quantitative estimate of drug-likeness (QED) is 0.371. The van der Waals surface area contributed by atoms with E-state index < -0.39 is 0 Å². The third-order valence-electron chi connectivity index (χ3n) is 6.07. The topological polar surface area (TPSA) is 74.1 Å². The number of nitrogens with zero attached hydrogens (tertiary/aromatic N) is 2. The van der Waals surface area contributed by atoms with Crippen LogP contribution in [0.4, 0.5) is 5.69 Å². The van der Waals surface area contributed by atoms with Gasteiger partial charge in [0, 0.05) is 19.0 Å². The summed E-state index contributed by atoms with van der Waals surface area (Å²) in [5.41, 5.74) is 3.83. The van der Waals surface area contributed by atoms with Gasteiger partial charge in [0.1, 0.15) is 30.4 Å². The molecule has 7 nitrogen and oxygen atoms in total. The van der Waals surface area contributed by atoms with Gasteiger partial charge in [0.2, 0.25) is 0 Å². The number of rotatable bonds is 8. The molecule has 0 aliphatic carbocycles. The van der Waals surface area contributed by atoms with Crippen LogP contribution in [0.15, 0.2) is 73.1 Å². The van der Waals surface area contributed by atoms with Gasteiger partial charge < -0.3 is 23.9 Å². The van der Waals surface area contributed by atoms with Crippen molar-refractivity contribution in [3.8, 4) is 11.5 Å². The Hall–Kier alpha value is -3.84. The van der Waals surface area contributed by atoms with Gasteiger partial charge in [-0.1, -0.05) is 30.3 Å². The molecule has 1 atom stereocenters. The van der Waals surface area contributed by atoms with Gasteiger partial charge in [0.25, 0.3) is 5.91 Å².